The number of amidine groups is 1. The van der Waals surface area contributed by atoms with E-state index in [1.807, 2.05) is 30.3 Å². The van der Waals surface area contributed by atoms with Crippen LogP contribution < -0.4 is 16.0 Å². The van der Waals surface area contributed by atoms with Crippen molar-refractivity contribution in [2.24, 2.45) is 20.7 Å². The van der Waals surface area contributed by atoms with E-state index in [0.29, 0.717) is 16.7 Å². The number of piperidine rings is 1. The normalized spacial score (nSPS) is 16.0. The number of thioether (sulfide) groups is 1. The molecule has 0 bridgehead atoms. The van der Waals surface area contributed by atoms with Gasteiger partial charge in [-0.15, -0.1) is 21.1 Å². The van der Waals surface area contributed by atoms with Gasteiger partial charge in [-0.1, -0.05) is 38.5 Å². The van der Waals surface area contributed by atoms with E-state index in [9.17, 15) is 13.3 Å². The molecule has 45 heavy (non-hydrogen) atoms. The van der Waals surface area contributed by atoms with Crippen molar-refractivity contribution in [2.75, 3.05) is 49.7 Å². The van der Waals surface area contributed by atoms with Crippen molar-refractivity contribution in [3.8, 4) is 0 Å². The molecule has 0 amide bonds. The van der Waals surface area contributed by atoms with Crippen LogP contribution in [0.5, 0.6) is 0 Å². The predicted octanol–water partition coefficient (Wildman–Crippen LogP) is 7.11. The van der Waals surface area contributed by atoms with Crippen LogP contribution >= 0.6 is 11.8 Å². The predicted molar refractivity (Wildman–Crippen MR) is 188 cm³/mol. The van der Waals surface area contributed by atoms with E-state index in [1.54, 1.807) is 30.0 Å². The fraction of sp³-hybridized carbons (Fsp3) is 0.441. The Morgan fingerprint density at radius 2 is 1.71 bits per heavy atom. The van der Waals surface area contributed by atoms with Crippen molar-refractivity contribution in [1.29, 1.82) is 0 Å². The number of anilines is 2. The van der Waals surface area contributed by atoms with E-state index >= 15 is 0 Å². The zero-order valence-electron chi connectivity index (χ0n) is 26.8. The van der Waals surface area contributed by atoms with Gasteiger partial charge in [-0.25, -0.2) is 0 Å². The van der Waals surface area contributed by atoms with Gasteiger partial charge >= 0.3 is 0 Å². The fourth-order valence-corrected chi connectivity index (χ4v) is 7.23. The Morgan fingerprint density at radius 3 is 2.36 bits per heavy atom. The summed E-state index contributed by atoms with van der Waals surface area (Å²) < 4.78 is 30.4. The Balaban J connectivity index is 1.46. The van der Waals surface area contributed by atoms with E-state index in [0.717, 1.165) is 68.1 Å². The third-order valence-electron chi connectivity index (χ3n) is 8.19. The minimum atomic E-state index is -4.18. The van der Waals surface area contributed by atoms with Crippen LogP contribution in [0.1, 0.15) is 51.5 Å². The molecule has 0 spiro atoms. The van der Waals surface area contributed by atoms with Gasteiger partial charge < -0.3 is 20.9 Å². The Morgan fingerprint density at radius 1 is 1.02 bits per heavy atom. The van der Waals surface area contributed by atoms with Crippen molar-refractivity contribution in [2.45, 2.75) is 61.8 Å². The molecule has 1 aliphatic heterocycles. The highest BCUT2D eigenvalue weighted by Crippen LogP contribution is 2.33. The Kier molecular flexibility index (Phi) is 12.0. The number of benzene rings is 3. The average Bonchev–Trinajstić information content (AvgIpc) is 3.02. The van der Waals surface area contributed by atoms with Gasteiger partial charge in [-0.05, 0) is 112 Å². The summed E-state index contributed by atoms with van der Waals surface area (Å²) in [6, 6.07) is 22.0. The highest BCUT2D eigenvalue weighted by atomic mass is 32.2. The van der Waals surface area contributed by atoms with E-state index in [4.69, 9.17) is 5.73 Å². The van der Waals surface area contributed by atoms with Crippen molar-refractivity contribution in [1.82, 2.24) is 4.90 Å². The molecule has 0 radical (unpaired) electrons. The summed E-state index contributed by atoms with van der Waals surface area (Å²) in [6.07, 6.45) is 5.18. The first kappa shape index (κ1) is 34.5. The molecule has 1 fully saturated rings. The quantitative estimate of drug-likeness (QED) is 0.0587. The first-order valence-electron chi connectivity index (χ1n) is 15.5. The van der Waals surface area contributed by atoms with E-state index in [2.05, 4.69) is 64.8 Å². The van der Waals surface area contributed by atoms with Crippen molar-refractivity contribution in [3.63, 3.8) is 0 Å². The minimum absolute atomic E-state index is 0.0157. The number of nitrogens with zero attached hydrogens (tertiary/aromatic N) is 4. The van der Waals surface area contributed by atoms with E-state index < -0.39 is 10.0 Å². The van der Waals surface area contributed by atoms with Crippen LogP contribution in [0.15, 0.2) is 92.2 Å². The van der Waals surface area contributed by atoms with Gasteiger partial charge in [0, 0.05) is 41.0 Å². The molecule has 0 aromatic heterocycles. The molecule has 242 valence electrons. The molecule has 1 aliphatic rings. The van der Waals surface area contributed by atoms with Gasteiger partial charge in [-0.3, -0.25) is 0 Å². The van der Waals surface area contributed by atoms with Gasteiger partial charge in [-0.2, -0.15) is 8.42 Å². The molecule has 1 heterocycles. The molecule has 4 rings (SSSR count). The second kappa shape index (κ2) is 15.7. The Labute approximate surface area is 272 Å². The maximum Gasteiger partial charge on any atom is 0.284 e. The number of rotatable bonds is 15. The topological polar surface area (TPSA) is 120 Å². The number of hydrogen-bond donors (Lipinski definition) is 2. The van der Waals surface area contributed by atoms with Crippen LogP contribution in [0.4, 0.5) is 17.1 Å². The van der Waals surface area contributed by atoms with Gasteiger partial charge in [0.25, 0.3) is 10.0 Å². The Hall–Kier alpha value is -3.41. The molecule has 1 atom stereocenters. The largest absolute Gasteiger partial charge is 0.383 e. The van der Waals surface area contributed by atoms with Crippen LogP contribution in [0.25, 0.3) is 0 Å². The molecule has 3 aromatic rings. The first-order chi connectivity index (χ1) is 21.5. The van der Waals surface area contributed by atoms with Crippen LogP contribution in [0.3, 0.4) is 0 Å². The summed E-state index contributed by atoms with van der Waals surface area (Å²) >= 11 is 1.73. The van der Waals surface area contributed by atoms with Crippen molar-refractivity contribution < 1.29 is 8.42 Å². The molecule has 11 heteroatoms. The van der Waals surface area contributed by atoms with Crippen LogP contribution in [0, 0.1) is 10.3 Å². The second-order valence-electron chi connectivity index (χ2n) is 12.7. The van der Waals surface area contributed by atoms with E-state index in [1.165, 1.54) is 12.1 Å². The minimum Gasteiger partial charge on any atom is -0.383 e. The molecular weight excluding hydrogens is 605 g/mol. The number of nitrogens with one attached hydrogen (secondary N) is 1. The van der Waals surface area contributed by atoms with Crippen molar-refractivity contribution in [3.05, 3.63) is 83.3 Å². The van der Waals surface area contributed by atoms with Gasteiger partial charge in [0.15, 0.2) is 0 Å². The highest BCUT2D eigenvalue weighted by Gasteiger charge is 2.25. The molecule has 0 unspecified atom stereocenters. The molecule has 0 saturated carbocycles. The first-order valence-corrected chi connectivity index (χ1v) is 17.9. The third-order valence-corrected chi connectivity index (χ3v) is 10.7. The summed E-state index contributed by atoms with van der Waals surface area (Å²) in [5, 5.41) is 6.61. The number of nitrogens with two attached hydrogens (primary N) is 1. The van der Waals surface area contributed by atoms with Crippen molar-refractivity contribution >= 4 is 44.7 Å². The summed E-state index contributed by atoms with van der Waals surface area (Å²) in [5.74, 6) is 0.666. The van der Waals surface area contributed by atoms with E-state index in [-0.39, 0.29) is 22.5 Å². The Bertz CT molecular complexity index is 1530. The molecule has 0 aliphatic carbocycles. The maximum atomic E-state index is 13.2. The number of sulfonamides is 1. The standard InChI is InChI=1S/C34H46N6O3S2/c1-34(2)19-22-40(23-20-34)28-15-13-26(14-16-28)33(35)38-45(42,43)30-17-18-31(32(24-30)37-41)36-27(10-8-9-21-39(3)4)25-44-29-11-6-5-7-12-29/h5-7,11-18,24,27,36H,8-10,19-23,25H2,1-4H3,(H2,35,38)/t27-/m1/s1. The molecule has 9 nitrogen and oxygen atoms in total. The van der Waals surface area contributed by atoms with Gasteiger partial charge in [0.2, 0.25) is 0 Å². The SMILES string of the molecule is CN(C)CCCC[C@H](CSc1ccccc1)Nc1ccc(S(=O)(=O)N=C(N)c2ccc(N3CCC(C)(C)CC3)cc2)cc1N=O. The molecule has 1 saturated heterocycles. The zero-order chi connectivity index (χ0) is 32.5. The third kappa shape index (κ3) is 10.3. The summed E-state index contributed by atoms with van der Waals surface area (Å²) in [4.78, 5) is 17.4. The zero-order valence-corrected chi connectivity index (χ0v) is 28.4. The fourth-order valence-electron chi connectivity index (χ4n) is 5.27. The maximum absolute atomic E-state index is 13.2. The monoisotopic (exact) mass is 650 g/mol. The molecular formula is C34H46N6O3S2. The summed E-state index contributed by atoms with van der Waals surface area (Å²) in [7, 11) is -0.0671. The van der Waals surface area contributed by atoms with Crippen LogP contribution in [-0.2, 0) is 10.0 Å². The summed E-state index contributed by atoms with van der Waals surface area (Å²) in [6.45, 7) is 7.54. The van der Waals surface area contributed by atoms with Gasteiger partial charge in [0.05, 0.1) is 10.6 Å². The lowest BCUT2D eigenvalue weighted by atomic mass is 9.82. The van der Waals surface area contributed by atoms with Gasteiger partial charge in [0.1, 0.15) is 11.5 Å². The summed E-state index contributed by atoms with van der Waals surface area (Å²) in [5.41, 5.74) is 8.61. The lowest BCUT2D eigenvalue weighted by molar-refractivity contribution is 0.280. The molecule has 3 N–H and O–H groups in total. The number of hydrogen-bond acceptors (Lipinski definition) is 8. The number of unbranched alkanes of at least 4 members (excludes halogenated alkanes) is 1. The van der Waals surface area contributed by atoms with Crippen LogP contribution in [-0.4, -0.2) is 64.7 Å². The highest BCUT2D eigenvalue weighted by molar-refractivity contribution is 7.99. The lowest BCUT2D eigenvalue weighted by Gasteiger charge is -2.38. The average molecular weight is 651 g/mol. The smallest absolute Gasteiger partial charge is 0.284 e. The molecule has 3 aromatic carbocycles. The van der Waals surface area contributed by atoms with Crippen LogP contribution in [0.2, 0.25) is 0 Å². The lowest BCUT2D eigenvalue weighted by Crippen LogP contribution is -2.37. The number of nitroso groups, excluding NO2 is 1. The second-order valence-corrected chi connectivity index (χ2v) is 15.4.